The first kappa shape index (κ1) is 12.9. The molecule has 0 radical (unpaired) electrons. The first-order chi connectivity index (χ1) is 8.79. The molecule has 2 rings (SSSR count). The molecule has 0 aliphatic carbocycles. The Balaban J connectivity index is 2.05. The minimum absolute atomic E-state index is 0.610. The highest BCUT2D eigenvalue weighted by Gasteiger charge is 2.02. The molecule has 5 heteroatoms. The van der Waals surface area contributed by atoms with Crippen molar-refractivity contribution in [1.82, 2.24) is 20.3 Å². The van der Waals surface area contributed by atoms with Gasteiger partial charge in [0.1, 0.15) is 5.69 Å². The molecular formula is C13H15ClN4. The van der Waals surface area contributed by atoms with E-state index in [0.29, 0.717) is 10.8 Å². The van der Waals surface area contributed by atoms with Crippen molar-refractivity contribution in [3.8, 4) is 11.5 Å². The number of hydrogen-bond acceptors (Lipinski definition) is 4. The highest BCUT2D eigenvalue weighted by Crippen LogP contribution is 2.14. The molecule has 0 atom stereocenters. The van der Waals surface area contributed by atoms with Crippen LogP contribution in [0.1, 0.15) is 18.9 Å². The second-order valence-corrected chi connectivity index (χ2v) is 4.39. The van der Waals surface area contributed by atoms with Crippen LogP contribution in [0.3, 0.4) is 0 Å². The van der Waals surface area contributed by atoms with Gasteiger partial charge >= 0.3 is 0 Å². The minimum atomic E-state index is 0.610. The molecule has 4 nitrogen and oxygen atoms in total. The Morgan fingerprint density at radius 1 is 1.11 bits per heavy atom. The summed E-state index contributed by atoms with van der Waals surface area (Å²) in [6, 6.07) is 3.59. The van der Waals surface area contributed by atoms with Crippen LogP contribution in [-0.4, -0.2) is 21.5 Å². The molecule has 0 amide bonds. The van der Waals surface area contributed by atoms with Gasteiger partial charge in [0.25, 0.3) is 0 Å². The number of hydrogen-bond donors (Lipinski definition) is 1. The van der Waals surface area contributed by atoms with E-state index in [2.05, 4.69) is 27.2 Å². The molecule has 2 heterocycles. The van der Waals surface area contributed by atoms with Crippen LogP contribution in [0.5, 0.6) is 0 Å². The zero-order valence-electron chi connectivity index (χ0n) is 10.2. The van der Waals surface area contributed by atoms with Gasteiger partial charge in [-0.15, -0.1) is 0 Å². The molecule has 2 aromatic rings. The van der Waals surface area contributed by atoms with Crippen LogP contribution in [0, 0.1) is 0 Å². The van der Waals surface area contributed by atoms with Crippen molar-refractivity contribution in [2.45, 2.75) is 19.9 Å². The van der Waals surface area contributed by atoms with E-state index in [-0.39, 0.29) is 0 Å². The monoisotopic (exact) mass is 262 g/mol. The minimum Gasteiger partial charge on any atom is -0.313 e. The summed E-state index contributed by atoms with van der Waals surface area (Å²) in [6.07, 6.45) is 6.35. The average molecular weight is 263 g/mol. The third-order valence-corrected chi connectivity index (χ3v) is 2.64. The quantitative estimate of drug-likeness (QED) is 0.842. The third kappa shape index (κ3) is 3.48. The topological polar surface area (TPSA) is 50.7 Å². The molecule has 0 aromatic carbocycles. The lowest BCUT2D eigenvalue weighted by atomic mass is 10.3. The molecule has 0 bridgehead atoms. The number of pyridine rings is 1. The normalized spacial score (nSPS) is 10.6. The molecule has 0 aliphatic rings. The Morgan fingerprint density at radius 3 is 2.50 bits per heavy atom. The summed E-state index contributed by atoms with van der Waals surface area (Å²) in [5.74, 6) is 0.617. The maximum Gasteiger partial charge on any atom is 0.178 e. The van der Waals surface area contributed by atoms with Crippen molar-refractivity contribution < 1.29 is 0 Å². The van der Waals surface area contributed by atoms with E-state index in [9.17, 15) is 0 Å². The molecule has 1 N–H and O–H groups in total. The van der Waals surface area contributed by atoms with E-state index in [0.717, 1.165) is 30.8 Å². The van der Waals surface area contributed by atoms with Gasteiger partial charge < -0.3 is 5.32 Å². The summed E-state index contributed by atoms with van der Waals surface area (Å²) in [4.78, 5) is 12.8. The van der Waals surface area contributed by atoms with Crippen molar-refractivity contribution in [1.29, 1.82) is 0 Å². The van der Waals surface area contributed by atoms with Gasteiger partial charge in [-0.2, -0.15) is 0 Å². The van der Waals surface area contributed by atoms with Crippen LogP contribution < -0.4 is 5.32 Å². The van der Waals surface area contributed by atoms with E-state index < -0.39 is 0 Å². The van der Waals surface area contributed by atoms with Crippen molar-refractivity contribution in [3.63, 3.8) is 0 Å². The molecule has 94 valence electrons. The smallest absolute Gasteiger partial charge is 0.178 e. The van der Waals surface area contributed by atoms with E-state index in [4.69, 9.17) is 11.6 Å². The summed E-state index contributed by atoms with van der Waals surface area (Å²) in [5, 5.41) is 3.92. The fourth-order valence-corrected chi connectivity index (χ4v) is 1.61. The van der Waals surface area contributed by atoms with Gasteiger partial charge in [0.15, 0.2) is 5.82 Å². The summed E-state index contributed by atoms with van der Waals surface area (Å²) >= 11 is 5.78. The molecule has 0 fully saturated rings. The lowest BCUT2D eigenvalue weighted by molar-refractivity contribution is 0.672. The van der Waals surface area contributed by atoms with Gasteiger partial charge in [0.2, 0.25) is 0 Å². The Hall–Kier alpha value is -1.52. The fraction of sp³-hybridized carbons (Fsp3) is 0.308. The van der Waals surface area contributed by atoms with Gasteiger partial charge in [-0.3, -0.25) is 4.98 Å². The summed E-state index contributed by atoms with van der Waals surface area (Å²) in [5.41, 5.74) is 1.80. The second kappa shape index (κ2) is 6.42. The number of nitrogens with zero attached hydrogens (tertiary/aromatic N) is 3. The van der Waals surface area contributed by atoms with Gasteiger partial charge in [-0.25, -0.2) is 9.97 Å². The lowest BCUT2D eigenvalue weighted by Gasteiger charge is -2.03. The highest BCUT2D eigenvalue weighted by atomic mass is 35.5. The van der Waals surface area contributed by atoms with Crippen molar-refractivity contribution >= 4 is 11.6 Å². The predicted octanol–water partition coefficient (Wildman–Crippen LogP) is 2.69. The largest absolute Gasteiger partial charge is 0.313 e. The van der Waals surface area contributed by atoms with Crippen LogP contribution in [0.2, 0.25) is 5.02 Å². The molecular weight excluding hydrogens is 248 g/mol. The lowest BCUT2D eigenvalue weighted by Crippen LogP contribution is -2.14. The van der Waals surface area contributed by atoms with Crippen LogP contribution in [-0.2, 0) is 6.54 Å². The number of nitrogens with one attached hydrogen (secondary N) is 1. The van der Waals surface area contributed by atoms with Crippen LogP contribution in [0.4, 0.5) is 0 Å². The highest BCUT2D eigenvalue weighted by molar-refractivity contribution is 6.30. The standard InChI is InChI=1S/C13H15ClN4/c1-2-5-15-6-10-7-17-13(18-8-10)12-4-3-11(14)9-16-12/h3-4,7-9,15H,2,5-6H2,1H3. The van der Waals surface area contributed by atoms with Gasteiger partial charge in [0, 0.05) is 30.7 Å². The molecule has 0 spiro atoms. The zero-order valence-corrected chi connectivity index (χ0v) is 11.0. The van der Waals surface area contributed by atoms with Crippen molar-refractivity contribution in [2.24, 2.45) is 0 Å². The molecule has 0 aliphatic heterocycles. The molecule has 0 saturated heterocycles. The first-order valence-corrected chi connectivity index (χ1v) is 6.31. The van der Waals surface area contributed by atoms with Crippen LogP contribution in [0.25, 0.3) is 11.5 Å². The van der Waals surface area contributed by atoms with Gasteiger partial charge in [0.05, 0.1) is 5.02 Å². The van der Waals surface area contributed by atoms with Gasteiger partial charge in [-0.1, -0.05) is 18.5 Å². The van der Waals surface area contributed by atoms with Crippen LogP contribution >= 0.6 is 11.6 Å². The predicted molar refractivity (Wildman–Crippen MR) is 72.3 cm³/mol. The van der Waals surface area contributed by atoms with Gasteiger partial charge in [-0.05, 0) is 25.1 Å². The second-order valence-electron chi connectivity index (χ2n) is 3.95. The SMILES string of the molecule is CCCNCc1cnc(-c2ccc(Cl)cn2)nc1. The van der Waals surface area contributed by atoms with E-state index in [1.165, 1.54) is 0 Å². The van der Waals surface area contributed by atoms with E-state index in [1.807, 2.05) is 18.5 Å². The Labute approximate surface area is 111 Å². The average Bonchev–Trinajstić information content (AvgIpc) is 2.41. The summed E-state index contributed by atoms with van der Waals surface area (Å²) < 4.78 is 0. The zero-order chi connectivity index (χ0) is 12.8. The molecule has 0 saturated carbocycles. The maximum absolute atomic E-state index is 5.78. The number of aromatic nitrogens is 3. The Bertz CT molecular complexity index is 481. The Kier molecular flexibility index (Phi) is 4.61. The number of rotatable bonds is 5. The van der Waals surface area contributed by atoms with E-state index >= 15 is 0 Å². The molecule has 18 heavy (non-hydrogen) atoms. The third-order valence-electron chi connectivity index (χ3n) is 2.42. The molecule has 0 unspecified atom stereocenters. The first-order valence-electron chi connectivity index (χ1n) is 5.93. The van der Waals surface area contributed by atoms with Crippen LogP contribution in [0.15, 0.2) is 30.7 Å². The van der Waals surface area contributed by atoms with Crippen molar-refractivity contribution in [3.05, 3.63) is 41.3 Å². The maximum atomic E-state index is 5.78. The Morgan fingerprint density at radius 2 is 1.89 bits per heavy atom. The fourth-order valence-electron chi connectivity index (χ4n) is 1.50. The summed E-state index contributed by atoms with van der Waals surface area (Å²) in [6.45, 7) is 3.93. The van der Waals surface area contributed by atoms with Crippen molar-refractivity contribution in [2.75, 3.05) is 6.54 Å². The van der Waals surface area contributed by atoms with E-state index in [1.54, 1.807) is 12.3 Å². The number of halogens is 1. The molecule has 2 aromatic heterocycles. The summed E-state index contributed by atoms with van der Waals surface area (Å²) in [7, 11) is 0.